The lowest BCUT2D eigenvalue weighted by atomic mass is 10.1. The van der Waals surface area contributed by atoms with Crippen LogP contribution in [0.5, 0.6) is 5.75 Å². The number of aromatic hydroxyl groups is 1. The van der Waals surface area contributed by atoms with Crippen molar-refractivity contribution in [2.24, 2.45) is 0 Å². The van der Waals surface area contributed by atoms with Gasteiger partial charge in [-0.05, 0) is 17.7 Å². The average Bonchev–Trinajstić information content (AvgIpc) is 3.17. The van der Waals surface area contributed by atoms with E-state index in [9.17, 15) is 28.2 Å². The Morgan fingerprint density at radius 3 is 2.31 bits per heavy atom. The molecule has 2 N–H and O–H groups in total. The second-order valence-electron chi connectivity index (χ2n) is 8.02. The minimum absolute atomic E-state index is 0.0526. The molecule has 1 saturated heterocycles. The lowest BCUT2D eigenvalue weighted by Crippen LogP contribution is -2.49. The number of piperazine rings is 1. The molecule has 12 heteroatoms. The van der Waals surface area contributed by atoms with E-state index < -0.39 is 35.4 Å². The molecule has 0 aliphatic carbocycles. The van der Waals surface area contributed by atoms with Crippen LogP contribution in [0.1, 0.15) is 23.1 Å². The highest BCUT2D eigenvalue weighted by Crippen LogP contribution is 2.39. The number of hydrogen-bond donors (Lipinski definition) is 2. The first-order valence-corrected chi connectivity index (χ1v) is 11.4. The van der Waals surface area contributed by atoms with E-state index in [0.717, 1.165) is 10.4 Å². The SMILES string of the molecule is O=C(Cn1nc(C(F)(F)F)c(Cl)c1C(O)c1ccccc1)N1CCN(c2ccc(Cl)c(O)c2)CC1. The van der Waals surface area contributed by atoms with Crippen molar-refractivity contribution in [3.05, 3.63) is 75.5 Å². The molecule has 0 radical (unpaired) electrons. The molecule has 1 amide bonds. The van der Waals surface area contributed by atoms with Crippen molar-refractivity contribution in [3.63, 3.8) is 0 Å². The van der Waals surface area contributed by atoms with Crippen LogP contribution >= 0.6 is 23.2 Å². The van der Waals surface area contributed by atoms with Gasteiger partial charge in [0.1, 0.15) is 18.4 Å². The van der Waals surface area contributed by atoms with E-state index in [1.165, 1.54) is 11.0 Å². The first-order valence-electron chi connectivity index (χ1n) is 10.6. The summed E-state index contributed by atoms with van der Waals surface area (Å²) in [6.07, 6.45) is -6.36. The minimum atomic E-state index is -4.85. The van der Waals surface area contributed by atoms with Gasteiger partial charge in [0.15, 0.2) is 5.69 Å². The van der Waals surface area contributed by atoms with E-state index in [-0.39, 0.29) is 16.5 Å². The number of alkyl halides is 3. The Morgan fingerprint density at radius 1 is 1.06 bits per heavy atom. The van der Waals surface area contributed by atoms with Crippen LogP contribution in [0.25, 0.3) is 0 Å². The zero-order valence-corrected chi connectivity index (χ0v) is 19.7. The number of rotatable bonds is 5. The third-order valence-corrected chi connectivity index (χ3v) is 6.48. The fourth-order valence-electron chi connectivity index (χ4n) is 3.95. The maximum absolute atomic E-state index is 13.5. The third kappa shape index (κ3) is 5.34. The Kier molecular flexibility index (Phi) is 7.16. The topological polar surface area (TPSA) is 81.8 Å². The summed E-state index contributed by atoms with van der Waals surface area (Å²) in [5, 5.41) is 23.6. The van der Waals surface area contributed by atoms with E-state index in [1.807, 2.05) is 4.90 Å². The highest BCUT2D eigenvalue weighted by molar-refractivity contribution is 6.32. The van der Waals surface area contributed by atoms with Gasteiger partial charge in [-0.2, -0.15) is 18.3 Å². The first-order chi connectivity index (χ1) is 16.6. The molecule has 1 aliphatic rings. The molecule has 0 bridgehead atoms. The van der Waals surface area contributed by atoms with Crippen LogP contribution in [-0.4, -0.2) is 57.0 Å². The zero-order valence-electron chi connectivity index (χ0n) is 18.2. The predicted octanol–water partition coefficient (Wildman–Crippen LogP) is 4.34. The van der Waals surface area contributed by atoms with Crippen molar-refractivity contribution >= 4 is 34.8 Å². The number of nitrogens with zero attached hydrogens (tertiary/aromatic N) is 4. The van der Waals surface area contributed by atoms with Gasteiger partial charge in [-0.3, -0.25) is 9.48 Å². The van der Waals surface area contributed by atoms with E-state index in [4.69, 9.17) is 23.2 Å². The second-order valence-corrected chi connectivity index (χ2v) is 8.81. The van der Waals surface area contributed by atoms with Gasteiger partial charge >= 0.3 is 6.18 Å². The smallest absolute Gasteiger partial charge is 0.436 e. The van der Waals surface area contributed by atoms with Gasteiger partial charge in [-0.15, -0.1) is 0 Å². The molecule has 7 nitrogen and oxygen atoms in total. The average molecular weight is 529 g/mol. The molecule has 1 aromatic heterocycles. The number of anilines is 1. The van der Waals surface area contributed by atoms with Gasteiger partial charge in [-0.25, -0.2) is 0 Å². The maximum Gasteiger partial charge on any atom is 0.436 e. The Balaban J connectivity index is 1.52. The summed E-state index contributed by atoms with van der Waals surface area (Å²) in [6.45, 7) is 0.983. The predicted molar refractivity (Wildman–Crippen MR) is 125 cm³/mol. The van der Waals surface area contributed by atoms with Crippen molar-refractivity contribution in [1.29, 1.82) is 0 Å². The number of benzene rings is 2. The van der Waals surface area contributed by atoms with Crippen LogP contribution in [0.4, 0.5) is 18.9 Å². The van der Waals surface area contributed by atoms with Crippen LogP contribution in [0.15, 0.2) is 48.5 Å². The summed E-state index contributed by atoms with van der Waals surface area (Å²) in [4.78, 5) is 16.4. The second kappa shape index (κ2) is 9.96. The zero-order chi connectivity index (χ0) is 25.3. The molecule has 0 saturated carbocycles. The van der Waals surface area contributed by atoms with Gasteiger partial charge in [-0.1, -0.05) is 53.5 Å². The summed E-state index contributed by atoms with van der Waals surface area (Å²) in [7, 11) is 0. The molecule has 0 spiro atoms. The van der Waals surface area contributed by atoms with Crippen LogP contribution in [0.2, 0.25) is 10.0 Å². The molecule has 1 atom stereocenters. The molecule has 1 fully saturated rings. The number of aromatic nitrogens is 2. The summed E-state index contributed by atoms with van der Waals surface area (Å²) < 4.78 is 41.3. The van der Waals surface area contributed by atoms with Crippen LogP contribution in [0.3, 0.4) is 0 Å². The van der Waals surface area contributed by atoms with Crippen molar-refractivity contribution in [2.45, 2.75) is 18.8 Å². The van der Waals surface area contributed by atoms with E-state index >= 15 is 0 Å². The molecule has 1 aliphatic heterocycles. The number of hydrogen-bond acceptors (Lipinski definition) is 5. The summed E-state index contributed by atoms with van der Waals surface area (Å²) in [6, 6.07) is 12.9. The monoisotopic (exact) mass is 528 g/mol. The number of aliphatic hydroxyl groups is 1. The van der Waals surface area contributed by atoms with Gasteiger partial charge in [0.2, 0.25) is 5.91 Å². The number of aliphatic hydroxyl groups excluding tert-OH is 1. The number of amides is 1. The normalized spacial score (nSPS) is 15.4. The van der Waals surface area contributed by atoms with Crippen LogP contribution < -0.4 is 4.90 Å². The number of phenolic OH excluding ortho intramolecular Hbond substituents is 1. The fourth-order valence-corrected chi connectivity index (χ4v) is 4.41. The van der Waals surface area contributed by atoms with E-state index in [2.05, 4.69) is 5.10 Å². The Bertz CT molecular complexity index is 1210. The van der Waals surface area contributed by atoms with Gasteiger partial charge in [0.25, 0.3) is 0 Å². The molecule has 186 valence electrons. The van der Waals surface area contributed by atoms with E-state index in [0.29, 0.717) is 31.7 Å². The molecular formula is C23H21Cl2F3N4O3. The van der Waals surface area contributed by atoms with Crippen molar-refractivity contribution in [1.82, 2.24) is 14.7 Å². The fraction of sp³-hybridized carbons (Fsp3) is 0.304. The first kappa shape index (κ1) is 25.2. The van der Waals surface area contributed by atoms with Gasteiger partial charge in [0.05, 0.1) is 15.7 Å². The number of phenols is 1. The molecule has 35 heavy (non-hydrogen) atoms. The van der Waals surface area contributed by atoms with Gasteiger partial charge < -0.3 is 20.0 Å². The maximum atomic E-state index is 13.5. The minimum Gasteiger partial charge on any atom is -0.506 e. The largest absolute Gasteiger partial charge is 0.506 e. The van der Waals surface area contributed by atoms with Crippen LogP contribution in [-0.2, 0) is 17.5 Å². The van der Waals surface area contributed by atoms with Crippen molar-refractivity contribution < 1.29 is 28.2 Å². The summed E-state index contributed by atoms with van der Waals surface area (Å²) >= 11 is 11.9. The summed E-state index contributed by atoms with van der Waals surface area (Å²) in [5.41, 5.74) is -0.601. The number of halogens is 5. The van der Waals surface area contributed by atoms with Gasteiger partial charge in [0, 0.05) is 37.9 Å². The molecule has 1 unspecified atom stereocenters. The Morgan fingerprint density at radius 2 is 1.71 bits per heavy atom. The molecule has 2 aromatic carbocycles. The van der Waals surface area contributed by atoms with Crippen molar-refractivity contribution in [2.75, 3.05) is 31.1 Å². The standard InChI is InChI=1S/C23H21Cl2F3N4O3/c24-16-7-6-15(12-17(16)33)30-8-10-31(11-9-30)18(34)13-32-20(19(25)22(29-32)23(26,27)28)21(35)14-4-2-1-3-5-14/h1-7,12,21,33,35H,8-11,13H2. The van der Waals surface area contributed by atoms with Crippen molar-refractivity contribution in [3.8, 4) is 5.75 Å². The molecule has 3 aromatic rings. The molecular weight excluding hydrogens is 508 g/mol. The molecule has 4 rings (SSSR count). The quantitative estimate of drug-likeness (QED) is 0.514. The third-order valence-electron chi connectivity index (χ3n) is 5.79. The number of carbonyl (C=O) groups excluding carboxylic acids is 1. The van der Waals surface area contributed by atoms with Crippen LogP contribution in [0, 0.1) is 0 Å². The summed E-state index contributed by atoms with van der Waals surface area (Å²) in [5.74, 6) is -0.513. The lowest BCUT2D eigenvalue weighted by Gasteiger charge is -2.36. The highest BCUT2D eigenvalue weighted by atomic mass is 35.5. The lowest BCUT2D eigenvalue weighted by molar-refractivity contribution is -0.142. The number of carbonyl (C=O) groups is 1. The molecule has 2 heterocycles. The van der Waals surface area contributed by atoms with E-state index in [1.54, 1.807) is 42.5 Å². The highest BCUT2D eigenvalue weighted by Gasteiger charge is 2.40. The Labute approximate surface area is 208 Å². The Hall–Kier alpha value is -2.95.